The Hall–Kier alpha value is -1.22. The zero-order valence-corrected chi connectivity index (χ0v) is 11.2. The molecular weight excluding hydrogens is 228 g/mol. The van der Waals surface area contributed by atoms with Crippen LogP contribution in [0.15, 0.2) is 46.4 Å². The Morgan fingerprint density at radius 1 is 1.41 bits per heavy atom. The van der Waals surface area contributed by atoms with Crippen molar-refractivity contribution in [1.82, 2.24) is 4.90 Å². The van der Waals surface area contributed by atoms with Crippen molar-refractivity contribution < 1.29 is 0 Å². The molecule has 0 amide bonds. The van der Waals surface area contributed by atoms with Crippen LogP contribution in [0.4, 0.5) is 5.69 Å². The van der Waals surface area contributed by atoms with Crippen molar-refractivity contribution in [3.63, 3.8) is 0 Å². The second-order valence-electron chi connectivity index (χ2n) is 4.06. The van der Waals surface area contributed by atoms with Gasteiger partial charge in [0.25, 0.3) is 0 Å². The van der Waals surface area contributed by atoms with Crippen molar-refractivity contribution >= 4 is 23.7 Å². The molecule has 0 unspecified atom stereocenters. The first kappa shape index (κ1) is 12.2. The number of hydrogen-bond acceptors (Lipinski definition) is 3. The summed E-state index contributed by atoms with van der Waals surface area (Å²) in [5.41, 5.74) is 1.00. The van der Waals surface area contributed by atoms with Gasteiger partial charge >= 0.3 is 0 Å². The summed E-state index contributed by atoms with van der Waals surface area (Å²) in [5.74, 6) is 1.18. The molecule has 0 aromatic heterocycles. The highest BCUT2D eigenvalue weighted by Crippen LogP contribution is 2.31. The van der Waals surface area contributed by atoms with Crippen LogP contribution in [0, 0.1) is 0 Å². The summed E-state index contributed by atoms with van der Waals surface area (Å²) in [4.78, 5) is 6.84. The van der Waals surface area contributed by atoms with Gasteiger partial charge in [0.1, 0.15) is 0 Å². The number of benzene rings is 1. The number of para-hydroxylation sites is 1. The molecule has 0 bridgehead atoms. The van der Waals surface area contributed by atoms with Crippen molar-refractivity contribution in [3.05, 3.63) is 41.4 Å². The summed E-state index contributed by atoms with van der Waals surface area (Å²) in [6.07, 6.45) is 4.02. The summed E-state index contributed by atoms with van der Waals surface area (Å²) in [6, 6.07) is 10.7. The van der Waals surface area contributed by atoms with Gasteiger partial charge in [0.05, 0.1) is 10.7 Å². The van der Waals surface area contributed by atoms with Crippen molar-refractivity contribution in [3.8, 4) is 0 Å². The van der Waals surface area contributed by atoms with Crippen LogP contribution in [-0.2, 0) is 0 Å². The van der Waals surface area contributed by atoms with Crippen molar-refractivity contribution in [2.75, 3.05) is 12.3 Å². The first-order chi connectivity index (χ1) is 8.31. The maximum atomic E-state index is 4.42. The number of thioether (sulfide) groups is 1. The normalized spacial score (nSPS) is 22.8. The van der Waals surface area contributed by atoms with E-state index in [0.29, 0.717) is 6.04 Å². The van der Waals surface area contributed by atoms with Crippen LogP contribution < -0.4 is 0 Å². The SMILES string of the molecule is CCN1/C(=C\C=Nc2ccccc2)SC[C@H]1C. The Labute approximate surface area is 107 Å². The lowest BCUT2D eigenvalue weighted by Crippen LogP contribution is -2.26. The topological polar surface area (TPSA) is 15.6 Å². The summed E-state index contributed by atoms with van der Waals surface area (Å²) in [6.45, 7) is 5.54. The maximum Gasteiger partial charge on any atom is 0.0726 e. The number of hydrogen-bond donors (Lipinski definition) is 0. The molecule has 0 saturated carbocycles. The lowest BCUT2D eigenvalue weighted by molar-refractivity contribution is 0.337. The summed E-state index contributed by atoms with van der Waals surface area (Å²) >= 11 is 1.91. The highest BCUT2D eigenvalue weighted by Gasteiger charge is 2.22. The van der Waals surface area contributed by atoms with Crippen LogP contribution >= 0.6 is 11.8 Å². The highest BCUT2D eigenvalue weighted by atomic mass is 32.2. The van der Waals surface area contributed by atoms with Crippen LogP contribution in [-0.4, -0.2) is 29.5 Å². The van der Waals surface area contributed by atoms with Crippen LogP contribution in [0.5, 0.6) is 0 Å². The molecule has 3 heteroatoms. The van der Waals surface area contributed by atoms with Gasteiger partial charge in [0.15, 0.2) is 0 Å². The Bertz CT molecular complexity index is 411. The van der Waals surface area contributed by atoms with Gasteiger partial charge in [-0.05, 0) is 32.1 Å². The van der Waals surface area contributed by atoms with E-state index in [0.717, 1.165) is 12.2 Å². The van der Waals surface area contributed by atoms with E-state index in [4.69, 9.17) is 0 Å². The first-order valence-corrected chi connectivity index (χ1v) is 6.98. The largest absolute Gasteiger partial charge is 0.363 e. The molecule has 1 fully saturated rings. The molecule has 1 aliphatic rings. The van der Waals surface area contributed by atoms with Gasteiger partial charge in [-0.1, -0.05) is 18.2 Å². The molecule has 1 heterocycles. The fraction of sp³-hybridized carbons (Fsp3) is 0.357. The Kier molecular flexibility index (Phi) is 4.26. The molecular formula is C14H18N2S. The van der Waals surface area contributed by atoms with Crippen molar-refractivity contribution in [2.45, 2.75) is 19.9 Å². The average molecular weight is 246 g/mol. The molecule has 1 atom stereocenters. The molecule has 0 N–H and O–H groups in total. The molecule has 1 aromatic carbocycles. The van der Waals surface area contributed by atoms with Crippen LogP contribution in [0.2, 0.25) is 0 Å². The predicted molar refractivity (Wildman–Crippen MR) is 77.0 cm³/mol. The molecule has 17 heavy (non-hydrogen) atoms. The molecule has 0 radical (unpaired) electrons. The third-order valence-electron chi connectivity index (χ3n) is 2.83. The number of rotatable bonds is 3. The second kappa shape index (κ2) is 5.92. The van der Waals surface area contributed by atoms with Crippen molar-refractivity contribution in [1.29, 1.82) is 0 Å². The molecule has 1 saturated heterocycles. The number of aliphatic imine (C=N–C) groups is 1. The number of nitrogens with zero attached hydrogens (tertiary/aromatic N) is 2. The van der Waals surface area contributed by atoms with E-state index in [2.05, 4.69) is 29.8 Å². The zero-order chi connectivity index (χ0) is 12.1. The van der Waals surface area contributed by atoms with E-state index in [1.54, 1.807) is 0 Å². The van der Waals surface area contributed by atoms with Gasteiger partial charge in [-0.2, -0.15) is 0 Å². The van der Waals surface area contributed by atoms with E-state index in [1.165, 1.54) is 10.8 Å². The van der Waals surface area contributed by atoms with Crippen LogP contribution in [0.1, 0.15) is 13.8 Å². The van der Waals surface area contributed by atoms with Crippen LogP contribution in [0.3, 0.4) is 0 Å². The Morgan fingerprint density at radius 2 is 2.18 bits per heavy atom. The van der Waals surface area contributed by atoms with E-state index in [-0.39, 0.29) is 0 Å². The molecule has 1 aromatic rings. The molecule has 90 valence electrons. The Balaban J connectivity index is 2.03. The molecule has 0 spiro atoms. The zero-order valence-electron chi connectivity index (χ0n) is 10.3. The summed E-state index contributed by atoms with van der Waals surface area (Å²) in [7, 11) is 0. The standard InChI is InChI=1S/C14H18N2S/c1-3-16-12(2)11-17-14(16)9-10-15-13-7-5-4-6-8-13/h4-10,12H,3,11H2,1-2H3/b14-9+,15-10?/t12-/m1/s1. The van der Waals surface area contributed by atoms with Crippen LogP contribution in [0.25, 0.3) is 0 Å². The summed E-state index contributed by atoms with van der Waals surface area (Å²) in [5, 5.41) is 1.33. The Morgan fingerprint density at radius 3 is 2.88 bits per heavy atom. The smallest absolute Gasteiger partial charge is 0.0726 e. The lowest BCUT2D eigenvalue weighted by atomic mass is 10.3. The quantitative estimate of drug-likeness (QED) is 0.756. The van der Waals surface area contributed by atoms with Gasteiger partial charge in [-0.15, -0.1) is 11.8 Å². The fourth-order valence-corrected chi connectivity index (χ4v) is 3.13. The second-order valence-corrected chi connectivity index (χ2v) is 5.10. The molecule has 1 aliphatic heterocycles. The van der Waals surface area contributed by atoms with E-state index in [1.807, 2.05) is 48.3 Å². The summed E-state index contributed by atoms with van der Waals surface area (Å²) < 4.78 is 0. The minimum atomic E-state index is 0.640. The van der Waals surface area contributed by atoms with E-state index < -0.39 is 0 Å². The van der Waals surface area contributed by atoms with Gasteiger partial charge in [-0.3, -0.25) is 4.99 Å². The monoisotopic (exact) mass is 246 g/mol. The van der Waals surface area contributed by atoms with E-state index >= 15 is 0 Å². The third-order valence-corrected chi connectivity index (χ3v) is 4.14. The minimum Gasteiger partial charge on any atom is -0.363 e. The third kappa shape index (κ3) is 3.13. The lowest BCUT2D eigenvalue weighted by Gasteiger charge is -2.21. The predicted octanol–water partition coefficient (Wildman–Crippen LogP) is 3.69. The average Bonchev–Trinajstić information content (AvgIpc) is 2.71. The van der Waals surface area contributed by atoms with Gasteiger partial charge in [-0.25, -0.2) is 0 Å². The van der Waals surface area contributed by atoms with Gasteiger partial charge < -0.3 is 4.90 Å². The van der Waals surface area contributed by atoms with Gasteiger partial charge in [0.2, 0.25) is 0 Å². The van der Waals surface area contributed by atoms with Gasteiger partial charge in [0, 0.05) is 24.6 Å². The highest BCUT2D eigenvalue weighted by molar-refractivity contribution is 8.03. The molecule has 2 rings (SSSR count). The van der Waals surface area contributed by atoms with Crippen molar-refractivity contribution in [2.24, 2.45) is 4.99 Å². The number of allylic oxidation sites excluding steroid dienone is 1. The maximum absolute atomic E-state index is 4.42. The first-order valence-electron chi connectivity index (χ1n) is 6.00. The minimum absolute atomic E-state index is 0.640. The van der Waals surface area contributed by atoms with E-state index in [9.17, 15) is 0 Å². The molecule has 0 aliphatic carbocycles. The fourth-order valence-electron chi connectivity index (χ4n) is 1.91. The molecule has 2 nitrogen and oxygen atoms in total.